The zero-order valence-electron chi connectivity index (χ0n) is 11.9. The molecule has 1 aromatic rings. The molecule has 0 spiro atoms. The second kappa shape index (κ2) is 6.32. The lowest BCUT2D eigenvalue weighted by atomic mass is 10.1. The second-order valence-corrected chi connectivity index (χ2v) is 5.68. The van der Waals surface area contributed by atoms with E-state index < -0.39 is 30.2 Å². The Morgan fingerprint density at radius 2 is 1.96 bits per heavy atom. The summed E-state index contributed by atoms with van der Waals surface area (Å²) < 4.78 is 38.8. The van der Waals surface area contributed by atoms with Gasteiger partial charge in [0.25, 0.3) is 11.8 Å². The van der Waals surface area contributed by atoms with Crippen LogP contribution in [0.25, 0.3) is 0 Å². The molecule has 2 rings (SSSR count). The number of benzene rings is 1. The summed E-state index contributed by atoms with van der Waals surface area (Å²) in [6, 6.07) is 1.81. The largest absolute Gasteiger partial charge is 0.416 e. The van der Waals surface area contributed by atoms with Crippen LogP contribution < -0.4 is 5.32 Å². The maximum atomic E-state index is 12.9. The van der Waals surface area contributed by atoms with Crippen LogP contribution >= 0.6 is 15.9 Å². The molecular weight excluding hydrogens is 381 g/mol. The smallest absolute Gasteiger partial charge is 0.395 e. The number of nitrogens with one attached hydrogen (secondary N) is 1. The van der Waals surface area contributed by atoms with Crippen molar-refractivity contribution in [2.24, 2.45) is 0 Å². The maximum Gasteiger partial charge on any atom is 0.416 e. The molecule has 2 amide bonds. The van der Waals surface area contributed by atoms with E-state index in [-0.39, 0.29) is 22.4 Å². The van der Waals surface area contributed by atoms with Gasteiger partial charge in [-0.1, -0.05) is 15.9 Å². The Morgan fingerprint density at radius 3 is 2.52 bits per heavy atom. The number of aliphatic hydroxyl groups excluding tert-OH is 1. The first kappa shape index (κ1) is 17.5. The van der Waals surface area contributed by atoms with Crippen molar-refractivity contribution in [1.82, 2.24) is 4.90 Å². The van der Waals surface area contributed by atoms with E-state index in [1.54, 1.807) is 6.92 Å². The fourth-order valence-corrected chi connectivity index (χ4v) is 2.49. The Labute approximate surface area is 137 Å². The van der Waals surface area contributed by atoms with Crippen molar-refractivity contribution in [3.05, 3.63) is 39.5 Å². The lowest BCUT2D eigenvalue weighted by Gasteiger charge is -2.16. The van der Waals surface area contributed by atoms with E-state index in [0.29, 0.717) is 5.56 Å². The zero-order chi connectivity index (χ0) is 17.4. The van der Waals surface area contributed by atoms with Crippen molar-refractivity contribution < 1.29 is 27.9 Å². The van der Waals surface area contributed by atoms with Gasteiger partial charge in [-0.05, 0) is 24.6 Å². The summed E-state index contributed by atoms with van der Waals surface area (Å²) in [6.07, 6.45) is -3.55. The van der Waals surface area contributed by atoms with Crippen LogP contribution in [0.3, 0.4) is 0 Å². The summed E-state index contributed by atoms with van der Waals surface area (Å²) in [6.45, 7) is 0.997. The minimum Gasteiger partial charge on any atom is -0.395 e. The number of hydrogen-bond acceptors (Lipinski definition) is 4. The molecule has 5 nitrogen and oxygen atoms in total. The van der Waals surface area contributed by atoms with Crippen LogP contribution in [0, 0.1) is 6.92 Å². The highest BCUT2D eigenvalue weighted by Crippen LogP contribution is 2.36. The Balaban J connectivity index is 2.34. The second-order valence-electron chi connectivity index (χ2n) is 4.83. The van der Waals surface area contributed by atoms with Gasteiger partial charge in [0.1, 0.15) is 5.70 Å². The Hall–Kier alpha value is -1.87. The third-order valence-corrected chi connectivity index (χ3v) is 4.10. The molecule has 1 heterocycles. The van der Waals surface area contributed by atoms with Gasteiger partial charge in [0.15, 0.2) is 0 Å². The van der Waals surface area contributed by atoms with E-state index in [1.807, 2.05) is 0 Å². The number of nitrogens with zero attached hydrogens (tertiary/aromatic N) is 1. The van der Waals surface area contributed by atoms with Gasteiger partial charge >= 0.3 is 6.18 Å². The highest BCUT2D eigenvalue weighted by atomic mass is 79.9. The number of hydrogen-bond donors (Lipinski definition) is 2. The minimum absolute atomic E-state index is 0.0601. The monoisotopic (exact) mass is 392 g/mol. The molecule has 0 saturated carbocycles. The normalized spacial score (nSPS) is 15.2. The summed E-state index contributed by atoms with van der Waals surface area (Å²) in [5.41, 5.74) is -0.510. The van der Waals surface area contributed by atoms with Crippen LogP contribution in [-0.2, 0) is 15.8 Å². The molecule has 9 heteroatoms. The number of halogens is 4. The fourth-order valence-electron chi connectivity index (χ4n) is 2.03. The van der Waals surface area contributed by atoms with E-state index in [9.17, 15) is 22.8 Å². The van der Waals surface area contributed by atoms with E-state index in [4.69, 9.17) is 5.11 Å². The van der Waals surface area contributed by atoms with Crippen LogP contribution in [0.1, 0.15) is 11.1 Å². The van der Waals surface area contributed by atoms with E-state index in [1.165, 1.54) is 0 Å². The molecule has 124 valence electrons. The van der Waals surface area contributed by atoms with Crippen molar-refractivity contribution in [3.8, 4) is 0 Å². The first-order valence-electron chi connectivity index (χ1n) is 6.48. The lowest BCUT2D eigenvalue weighted by molar-refractivity contribution is -0.138. The predicted molar refractivity (Wildman–Crippen MR) is 79.4 cm³/mol. The number of amides is 2. The van der Waals surface area contributed by atoms with Crippen molar-refractivity contribution in [2.45, 2.75) is 13.1 Å². The summed E-state index contributed by atoms with van der Waals surface area (Å²) in [7, 11) is 0. The molecule has 0 fully saturated rings. The number of alkyl halides is 3. The van der Waals surface area contributed by atoms with Gasteiger partial charge < -0.3 is 10.4 Å². The molecule has 2 N–H and O–H groups in total. The molecule has 0 radical (unpaired) electrons. The van der Waals surface area contributed by atoms with Crippen LogP contribution in [0.4, 0.5) is 18.9 Å². The molecule has 0 aromatic heterocycles. The number of imide groups is 1. The molecule has 0 unspecified atom stereocenters. The average molecular weight is 393 g/mol. The predicted octanol–water partition coefficient (Wildman–Crippen LogP) is 2.43. The minimum atomic E-state index is -4.54. The highest BCUT2D eigenvalue weighted by Gasteiger charge is 2.33. The first-order chi connectivity index (χ1) is 10.6. The summed E-state index contributed by atoms with van der Waals surface area (Å²) in [5.74, 6) is -1.33. The average Bonchev–Trinajstić information content (AvgIpc) is 2.70. The third kappa shape index (κ3) is 3.56. The summed E-state index contributed by atoms with van der Waals surface area (Å²) >= 11 is 3.05. The molecular formula is C14H12BrF3N2O3. The van der Waals surface area contributed by atoms with Gasteiger partial charge in [0.2, 0.25) is 0 Å². The first-order valence-corrected chi connectivity index (χ1v) is 7.27. The molecule has 0 atom stereocenters. The molecule has 23 heavy (non-hydrogen) atoms. The van der Waals surface area contributed by atoms with Crippen molar-refractivity contribution in [1.29, 1.82) is 0 Å². The zero-order valence-corrected chi connectivity index (χ0v) is 13.5. The number of β-amino-alcohol motifs (C(OH)–C–C–N with tert-alkyl or cyclic N) is 1. The molecule has 0 aliphatic carbocycles. The van der Waals surface area contributed by atoms with E-state index in [2.05, 4.69) is 21.2 Å². The maximum absolute atomic E-state index is 12.9. The number of aliphatic hydroxyl groups is 1. The van der Waals surface area contributed by atoms with Crippen LogP contribution in [-0.4, -0.2) is 35.0 Å². The Bertz CT molecular complexity index is 701. The molecule has 0 saturated heterocycles. The molecule has 1 aromatic carbocycles. The van der Waals surface area contributed by atoms with Crippen LogP contribution in [0.5, 0.6) is 0 Å². The van der Waals surface area contributed by atoms with Crippen LogP contribution in [0.15, 0.2) is 28.4 Å². The molecule has 0 bridgehead atoms. The van der Waals surface area contributed by atoms with Crippen molar-refractivity contribution in [3.63, 3.8) is 0 Å². The van der Waals surface area contributed by atoms with Gasteiger partial charge in [-0.3, -0.25) is 14.5 Å². The Morgan fingerprint density at radius 1 is 1.30 bits per heavy atom. The number of carbonyl (C=O) groups excluding carboxylic acids is 2. The van der Waals surface area contributed by atoms with Gasteiger partial charge in [0.05, 0.1) is 18.7 Å². The van der Waals surface area contributed by atoms with Crippen molar-refractivity contribution in [2.75, 3.05) is 18.5 Å². The standard InChI is InChI=1S/C14H12BrF3N2O3/c1-7-9(15)4-8(14(16,17)18)5-10(7)19-11-6-12(22)20(2-3-21)13(11)23/h4-6,19,21H,2-3H2,1H3. The quantitative estimate of drug-likeness (QED) is 0.772. The topological polar surface area (TPSA) is 69.6 Å². The SMILES string of the molecule is Cc1c(Br)cc(C(F)(F)F)cc1NC1=CC(=O)N(CCO)C1=O. The van der Waals surface area contributed by atoms with Gasteiger partial charge in [-0.25, -0.2) is 0 Å². The fraction of sp³-hybridized carbons (Fsp3) is 0.286. The van der Waals surface area contributed by atoms with Gasteiger partial charge in [0, 0.05) is 16.2 Å². The molecule has 1 aliphatic heterocycles. The number of anilines is 1. The summed E-state index contributed by atoms with van der Waals surface area (Å²) in [4.78, 5) is 24.5. The lowest BCUT2D eigenvalue weighted by Crippen LogP contribution is -2.34. The Kier molecular flexibility index (Phi) is 4.81. The summed E-state index contributed by atoms with van der Waals surface area (Å²) in [5, 5.41) is 11.4. The number of carbonyl (C=O) groups is 2. The van der Waals surface area contributed by atoms with Crippen LogP contribution in [0.2, 0.25) is 0 Å². The van der Waals surface area contributed by atoms with Gasteiger partial charge in [-0.2, -0.15) is 13.2 Å². The molecule has 1 aliphatic rings. The highest BCUT2D eigenvalue weighted by molar-refractivity contribution is 9.10. The van der Waals surface area contributed by atoms with E-state index in [0.717, 1.165) is 23.1 Å². The van der Waals surface area contributed by atoms with E-state index >= 15 is 0 Å². The third-order valence-electron chi connectivity index (χ3n) is 3.27. The number of rotatable bonds is 4. The van der Waals surface area contributed by atoms with Crippen molar-refractivity contribution >= 4 is 33.4 Å². The van der Waals surface area contributed by atoms with Gasteiger partial charge in [-0.15, -0.1) is 0 Å².